The molecular formula is C14H13FN4O2S2. The Morgan fingerprint density at radius 3 is 2.52 bits per heavy atom. The highest BCUT2D eigenvalue weighted by molar-refractivity contribution is 7.99. The van der Waals surface area contributed by atoms with Gasteiger partial charge in [0.2, 0.25) is 9.84 Å². The smallest absolute Gasteiger partial charge is 0.213 e. The molecule has 0 spiro atoms. The lowest BCUT2D eigenvalue weighted by Gasteiger charge is -2.05. The zero-order valence-electron chi connectivity index (χ0n) is 12.3. The Labute approximate surface area is 136 Å². The third kappa shape index (κ3) is 2.55. The number of aromatic nitrogens is 3. The van der Waals surface area contributed by atoms with Gasteiger partial charge in [-0.05, 0) is 37.4 Å². The molecule has 0 fully saturated rings. The second-order valence-corrected chi connectivity index (χ2v) is 7.54. The molecule has 0 radical (unpaired) electrons. The van der Waals surface area contributed by atoms with E-state index < -0.39 is 15.7 Å². The van der Waals surface area contributed by atoms with E-state index in [4.69, 9.17) is 5.73 Å². The maximum atomic E-state index is 13.1. The summed E-state index contributed by atoms with van der Waals surface area (Å²) in [7, 11) is -3.90. The minimum absolute atomic E-state index is 0.0213. The van der Waals surface area contributed by atoms with Crippen molar-refractivity contribution in [2.75, 3.05) is 12.0 Å². The van der Waals surface area contributed by atoms with Crippen LogP contribution in [0, 0.1) is 12.7 Å². The summed E-state index contributed by atoms with van der Waals surface area (Å²) in [4.78, 5) is 4.22. The maximum absolute atomic E-state index is 13.1. The van der Waals surface area contributed by atoms with Crippen LogP contribution in [0.15, 0.2) is 45.1 Å². The highest BCUT2D eigenvalue weighted by Crippen LogP contribution is 2.33. The Morgan fingerprint density at radius 2 is 1.91 bits per heavy atom. The summed E-state index contributed by atoms with van der Waals surface area (Å²) in [5, 5.41) is 4.51. The van der Waals surface area contributed by atoms with E-state index >= 15 is 0 Å². The van der Waals surface area contributed by atoms with Crippen LogP contribution in [0.2, 0.25) is 0 Å². The van der Waals surface area contributed by atoms with Crippen molar-refractivity contribution >= 4 is 33.1 Å². The Kier molecular flexibility index (Phi) is 3.77. The molecule has 23 heavy (non-hydrogen) atoms. The van der Waals surface area contributed by atoms with Gasteiger partial charge in [0.25, 0.3) is 0 Å². The predicted molar refractivity (Wildman–Crippen MR) is 85.8 cm³/mol. The number of thioether (sulfide) groups is 1. The van der Waals surface area contributed by atoms with Crippen molar-refractivity contribution < 1.29 is 12.8 Å². The molecule has 1 aromatic carbocycles. The molecule has 120 valence electrons. The van der Waals surface area contributed by atoms with Crippen LogP contribution in [0.4, 0.5) is 10.2 Å². The molecule has 0 saturated heterocycles. The molecule has 0 aliphatic rings. The summed E-state index contributed by atoms with van der Waals surface area (Å²) in [6.45, 7) is 1.72. The van der Waals surface area contributed by atoms with Gasteiger partial charge in [-0.1, -0.05) is 0 Å². The Bertz CT molecular complexity index is 998. The van der Waals surface area contributed by atoms with Gasteiger partial charge < -0.3 is 5.73 Å². The lowest BCUT2D eigenvalue weighted by Crippen LogP contribution is -2.05. The quantitative estimate of drug-likeness (QED) is 0.575. The summed E-state index contributed by atoms with van der Waals surface area (Å²) < 4.78 is 40.3. The molecule has 0 saturated carbocycles. The molecule has 0 unspecified atom stereocenters. The van der Waals surface area contributed by atoms with E-state index in [1.54, 1.807) is 19.2 Å². The predicted octanol–water partition coefficient (Wildman–Crippen LogP) is 2.31. The van der Waals surface area contributed by atoms with Crippen LogP contribution in [0.1, 0.15) is 5.69 Å². The number of anilines is 1. The number of hydrogen-bond donors (Lipinski definition) is 1. The first-order chi connectivity index (χ1) is 10.8. The van der Waals surface area contributed by atoms with Gasteiger partial charge in [-0.3, -0.25) is 0 Å². The van der Waals surface area contributed by atoms with Crippen molar-refractivity contribution in [2.45, 2.75) is 21.7 Å². The average Bonchev–Trinajstić information content (AvgIpc) is 2.87. The molecule has 0 amide bonds. The third-order valence-electron chi connectivity index (χ3n) is 3.26. The highest BCUT2D eigenvalue weighted by Gasteiger charge is 2.29. The first kappa shape index (κ1) is 15.8. The number of nitrogens with zero attached hydrogens (tertiary/aromatic N) is 3. The maximum Gasteiger partial charge on any atom is 0.213 e. The Balaban J connectivity index is 2.36. The lowest BCUT2D eigenvalue weighted by atomic mass is 10.4. The molecule has 2 N–H and O–H groups in total. The number of rotatable bonds is 3. The normalized spacial score (nSPS) is 12.0. The summed E-state index contributed by atoms with van der Waals surface area (Å²) in [6.07, 6.45) is 1.72. The summed E-state index contributed by atoms with van der Waals surface area (Å²) in [5.74, 6) is -0.213. The molecular weight excluding hydrogens is 339 g/mol. The summed E-state index contributed by atoms with van der Waals surface area (Å²) in [5.41, 5.74) is 6.65. The molecule has 6 nitrogen and oxygen atoms in total. The molecule has 3 rings (SSSR count). The number of aryl methyl sites for hydroxylation is 1. The van der Waals surface area contributed by atoms with Crippen LogP contribution in [-0.4, -0.2) is 29.3 Å². The zero-order valence-corrected chi connectivity index (χ0v) is 13.9. The molecule has 2 aromatic heterocycles. The number of halogens is 1. The second kappa shape index (κ2) is 5.50. The molecule has 0 atom stereocenters. The van der Waals surface area contributed by atoms with E-state index in [1.165, 1.54) is 28.4 Å². The first-order valence-electron chi connectivity index (χ1n) is 6.55. The van der Waals surface area contributed by atoms with Crippen molar-refractivity contribution in [3.63, 3.8) is 0 Å². The summed E-state index contributed by atoms with van der Waals surface area (Å²) >= 11 is 1.18. The molecule has 9 heteroatoms. The number of benzene rings is 1. The number of nitrogens with two attached hydrogens (primary N) is 1. The standard InChI is InChI=1S/C14H13FN4O2S2/c1-8-7-11(16)19-13(17-8)12(14(18-19)22-2)23(20,21)10-5-3-9(15)4-6-10/h3-7H,16H2,1-2H3. The lowest BCUT2D eigenvalue weighted by molar-refractivity contribution is 0.593. The fraction of sp³-hybridized carbons (Fsp3) is 0.143. The topological polar surface area (TPSA) is 90.3 Å². The van der Waals surface area contributed by atoms with E-state index in [1.807, 2.05) is 0 Å². The first-order valence-corrected chi connectivity index (χ1v) is 9.26. The fourth-order valence-electron chi connectivity index (χ4n) is 2.23. The second-order valence-electron chi connectivity index (χ2n) is 4.85. The number of nitrogen functional groups attached to an aromatic ring is 1. The fourth-order valence-corrected chi connectivity index (χ4v) is 4.62. The number of hydrogen-bond acceptors (Lipinski definition) is 6. The van der Waals surface area contributed by atoms with Gasteiger partial charge in [0.1, 0.15) is 16.7 Å². The van der Waals surface area contributed by atoms with Gasteiger partial charge in [0.05, 0.1) is 4.90 Å². The third-order valence-corrected chi connectivity index (χ3v) is 5.87. The van der Waals surface area contributed by atoms with E-state index in [0.29, 0.717) is 16.5 Å². The van der Waals surface area contributed by atoms with Crippen molar-refractivity contribution in [3.8, 4) is 0 Å². The van der Waals surface area contributed by atoms with Crippen molar-refractivity contribution in [3.05, 3.63) is 41.8 Å². The van der Waals surface area contributed by atoms with Crippen molar-refractivity contribution in [2.24, 2.45) is 0 Å². The van der Waals surface area contributed by atoms with Crippen LogP contribution in [0.3, 0.4) is 0 Å². The molecule has 0 bridgehead atoms. The van der Waals surface area contributed by atoms with E-state index in [-0.39, 0.29) is 15.4 Å². The van der Waals surface area contributed by atoms with Gasteiger partial charge >= 0.3 is 0 Å². The van der Waals surface area contributed by atoms with E-state index in [9.17, 15) is 12.8 Å². The van der Waals surface area contributed by atoms with Gasteiger partial charge in [0, 0.05) is 11.8 Å². The van der Waals surface area contributed by atoms with Crippen LogP contribution < -0.4 is 5.73 Å². The minimum Gasteiger partial charge on any atom is -0.384 e. The van der Waals surface area contributed by atoms with Crippen molar-refractivity contribution in [1.29, 1.82) is 0 Å². The summed E-state index contributed by atoms with van der Waals surface area (Å²) in [6, 6.07) is 6.25. The number of sulfone groups is 1. The van der Waals surface area contributed by atoms with Crippen molar-refractivity contribution in [1.82, 2.24) is 14.6 Å². The van der Waals surface area contributed by atoms with Gasteiger partial charge in [-0.15, -0.1) is 11.8 Å². The van der Waals surface area contributed by atoms with E-state index in [2.05, 4.69) is 10.1 Å². The zero-order chi connectivity index (χ0) is 16.8. The van der Waals surface area contributed by atoms with Gasteiger partial charge in [0.15, 0.2) is 10.5 Å². The molecule has 3 aromatic rings. The Hall–Kier alpha value is -2.13. The minimum atomic E-state index is -3.90. The molecule has 0 aliphatic heterocycles. The van der Waals surface area contributed by atoms with Crippen LogP contribution in [0.25, 0.3) is 5.65 Å². The SMILES string of the molecule is CSc1nn2c(N)cc(C)nc2c1S(=O)(=O)c1ccc(F)cc1. The Morgan fingerprint density at radius 1 is 1.26 bits per heavy atom. The van der Waals surface area contributed by atoms with Crippen LogP contribution in [0.5, 0.6) is 0 Å². The van der Waals surface area contributed by atoms with Crippen LogP contribution in [-0.2, 0) is 9.84 Å². The molecule has 2 heterocycles. The largest absolute Gasteiger partial charge is 0.384 e. The monoisotopic (exact) mass is 352 g/mol. The average molecular weight is 352 g/mol. The van der Waals surface area contributed by atoms with E-state index in [0.717, 1.165) is 12.1 Å². The van der Waals surface area contributed by atoms with Crippen LogP contribution >= 0.6 is 11.8 Å². The van der Waals surface area contributed by atoms with Gasteiger partial charge in [-0.25, -0.2) is 17.8 Å². The van der Waals surface area contributed by atoms with Gasteiger partial charge in [-0.2, -0.15) is 9.61 Å². The number of fused-ring (bicyclic) bond motifs is 1. The highest BCUT2D eigenvalue weighted by atomic mass is 32.2. The molecule has 0 aliphatic carbocycles.